The van der Waals surface area contributed by atoms with E-state index in [0.29, 0.717) is 12.5 Å². The molecule has 5 heteroatoms. The number of carbonyl (C=O) groups is 1. The first kappa shape index (κ1) is 21.7. The summed E-state index contributed by atoms with van der Waals surface area (Å²) in [7, 11) is 1.71. The Hall–Kier alpha value is -3.10. The average Bonchev–Trinajstić information content (AvgIpc) is 3.65. The fourth-order valence-corrected chi connectivity index (χ4v) is 5.14. The van der Waals surface area contributed by atoms with Crippen LogP contribution >= 0.6 is 0 Å². The molecule has 1 aliphatic heterocycles. The van der Waals surface area contributed by atoms with E-state index in [1.54, 1.807) is 7.05 Å². The molecule has 1 saturated carbocycles. The molecule has 0 atom stereocenters. The van der Waals surface area contributed by atoms with Crippen molar-refractivity contribution in [2.24, 2.45) is 5.92 Å². The van der Waals surface area contributed by atoms with E-state index in [9.17, 15) is 10.1 Å². The molecule has 2 fully saturated rings. The van der Waals surface area contributed by atoms with Crippen molar-refractivity contribution in [1.82, 2.24) is 10.2 Å². The smallest absolute Gasteiger partial charge is 0.225 e. The Kier molecular flexibility index (Phi) is 5.95. The molecule has 2 aliphatic carbocycles. The Morgan fingerprint density at radius 1 is 1.18 bits per heavy atom. The van der Waals surface area contributed by atoms with Gasteiger partial charge in [-0.2, -0.15) is 5.26 Å². The van der Waals surface area contributed by atoms with Gasteiger partial charge in [-0.25, -0.2) is 0 Å². The number of ether oxygens (including phenoxy) is 1. The molecule has 2 aromatic rings. The zero-order chi connectivity index (χ0) is 22.9. The largest absolute Gasteiger partial charge is 0.489 e. The number of hydrogen-bond acceptors (Lipinski definition) is 4. The molecule has 0 bridgehead atoms. The number of hydrogen-bond donors (Lipinski definition) is 1. The van der Waals surface area contributed by atoms with Crippen LogP contribution in [0.1, 0.15) is 59.9 Å². The van der Waals surface area contributed by atoms with Crippen LogP contribution < -0.4 is 10.1 Å². The summed E-state index contributed by atoms with van der Waals surface area (Å²) in [6, 6.07) is 14.9. The van der Waals surface area contributed by atoms with Gasteiger partial charge in [-0.05, 0) is 84.6 Å². The Morgan fingerprint density at radius 3 is 2.73 bits per heavy atom. The van der Waals surface area contributed by atoms with Crippen molar-refractivity contribution < 1.29 is 9.53 Å². The summed E-state index contributed by atoms with van der Waals surface area (Å²) < 4.78 is 6.10. The molecule has 1 heterocycles. The minimum absolute atomic E-state index is 0.139. The molecule has 0 radical (unpaired) electrons. The molecule has 33 heavy (non-hydrogen) atoms. The van der Waals surface area contributed by atoms with Gasteiger partial charge in [-0.15, -0.1) is 0 Å². The van der Waals surface area contributed by atoms with Gasteiger partial charge in [0.05, 0.1) is 17.6 Å². The molecule has 1 amide bonds. The monoisotopic (exact) mass is 441 g/mol. The van der Waals surface area contributed by atoms with Gasteiger partial charge >= 0.3 is 0 Å². The number of nitrogens with zero attached hydrogens (tertiary/aromatic N) is 2. The van der Waals surface area contributed by atoms with E-state index in [0.717, 1.165) is 49.4 Å². The highest BCUT2D eigenvalue weighted by atomic mass is 16.5. The maximum atomic E-state index is 11.7. The van der Waals surface area contributed by atoms with E-state index in [1.807, 2.05) is 6.07 Å². The summed E-state index contributed by atoms with van der Waals surface area (Å²) >= 11 is 0. The standard InChI is InChI=1S/C28H31N3O2/c1-18-22(14-31-15-24(16-31)28(32)30-2)7-6-21-12-25(8-10-26(18)21)33-17-19-3-9-27(20-4-5-20)23(11-19)13-29/h3,8-12,20,24H,4-7,14-17H2,1-2H3,(H,30,32). The van der Waals surface area contributed by atoms with E-state index < -0.39 is 0 Å². The molecule has 0 aromatic heterocycles. The summed E-state index contributed by atoms with van der Waals surface area (Å²) in [5.74, 6) is 1.75. The van der Waals surface area contributed by atoms with E-state index in [-0.39, 0.29) is 11.8 Å². The van der Waals surface area contributed by atoms with Gasteiger partial charge in [0.25, 0.3) is 0 Å². The first-order chi connectivity index (χ1) is 16.1. The number of likely N-dealkylation sites (tertiary alicyclic amines) is 1. The second kappa shape index (κ2) is 9.03. The number of rotatable bonds is 7. The third-order valence-electron chi connectivity index (χ3n) is 7.36. The Balaban J connectivity index is 1.22. The zero-order valence-electron chi connectivity index (χ0n) is 19.5. The lowest BCUT2D eigenvalue weighted by Crippen LogP contribution is -2.53. The summed E-state index contributed by atoms with van der Waals surface area (Å²) in [5, 5.41) is 12.2. The highest BCUT2D eigenvalue weighted by Gasteiger charge is 2.33. The molecule has 1 saturated heterocycles. The van der Waals surface area contributed by atoms with E-state index in [2.05, 4.69) is 53.5 Å². The van der Waals surface area contributed by atoms with Gasteiger partial charge in [0.2, 0.25) is 5.91 Å². The molecule has 1 N–H and O–H groups in total. The van der Waals surface area contributed by atoms with Crippen molar-refractivity contribution in [3.05, 3.63) is 69.8 Å². The fourth-order valence-electron chi connectivity index (χ4n) is 5.14. The van der Waals surface area contributed by atoms with Crippen LogP contribution in [0.5, 0.6) is 5.75 Å². The van der Waals surface area contributed by atoms with Gasteiger partial charge in [0, 0.05) is 26.7 Å². The SMILES string of the molecule is CNC(=O)C1CN(CC2=C(C)c3ccc(OCc4ccc(C5CC5)c(C#N)c4)cc3CC2)C1. The third kappa shape index (κ3) is 4.54. The van der Waals surface area contributed by atoms with Crippen molar-refractivity contribution >= 4 is 11.5 Å². The quantitative estimate of drug-likeness (QED) is 0.691. The van der Waals surface area contributed by atoms with E-state index in [1.165, 1.54) is 40.7 Å². The second-order valence-corrected chi connectivity index (χ2v) is 9.65. The number of nitriles is 1. The number of benzene rings is 2. The molecule has 5 nitrogen and oxygen atoms in total. The molecular formula is C28H31N3O2. The number of allylic oxidation sites excluding steroid dienone is 1. The minimum Gasteiger partial charge on any atom is -0.489 e. The van der Waals surface area contributed by atoms with Crippen LogP contribution in [0.2, 0.25) is 0 Å². The number of amides is 1. The number of nitrogens with one attached hydrogen (secondary N) is 1. The lowest BCUT2D eigenvalue weighted by atomic mass is 9.85. The second-order valence-electron chi connectivity index (χ2n) is 9.65. The molecule has 2 aromatic carbocycles. The molecular weight excluding hydrogens is 410 g/mol. The summed E-state index contributed by atoms with van der Waals surface area (Å²) in [6.45, 7) is 5.35. The Labute approximate surface area is 196 Å². The highest BCUT2D eigenvalue weighted by Crippen LogP contribution is 2.41. The van der Waals surface area contributed by atoms with Gasteiger partial charge in [-0.3, -0.25) is 9.69 Å². The normalized spacial score (nSPS) is 18.3. The zero-order valence-corrected chi connectivity index (χ0v) is 19.5. The summed E-state index contributed by atoms with van der Waals surface area (Å²) in [6.07, 6.45) is 4.46. The first-order valence-electron chi connectivity index (χ1n) is 12.0. The lowest BCUT2D eigenvalue weighted by Gasteiger charge is -2.39. The Morgan fingerprint density at radius 2 is 2.00 bits per heavy atom. The molecule has 170 valence electrons. The number of carbonyl (C=O) groups excluding carboxylic acids is 1. The topological polar surface area (TPSA) is 65.4 Å². The summed E-state index contributed by atoms with van der Waals surface area (Å²) in [4.78, 5) is 14.1. The van der Waals surface area contributed by atoms with E-state index >= 15 is 0 Å². The van der Waals surface area contributed by atoms with Gasteiger partial charge in [0.15, 0.2) is 0 Å². The fraction of sp³-hybridized carbons (Fsp3) is 0.429. The van der Waals surface area contributed by atoms with Crippen LogP contribution in [0.25, 0.3) is 5.57 Å². The van der Waals surface area contributed by atoms with Crippen molar-refractivity contribution in [2.75, 3.05) is 26.7 Å². The maximum Gasteiger partial charge on any atom is 0.225 e. The molecule has 0 unspecified atom stereocenters. The van der Waals surface area contributed by atoms with Gasteiger partial charge < -0.3 is 10.1 Å². The van der Waals surface area contributed by atoms with Crippen LogP contribution in [0.4, 0.5) is 0 Å². The predicted octanol–water partition coefficient (Wildman–Crippen LogP) is 4.41. The van der Waals surface area contributed by atoms with Crippen molar-refractivity contribution in [2.45, 2.75) is 45.1 Å². The number of fused-ring (bicyclic) bond motifs is 1. The molecule has 3 aliphatic rings. The molecule has 0 spiro atoms. The van der Waals surface area contributed by atoms with Crippen LogP contribution in [0.3, 0.4) is 0 Å². The third-order valence-corrected chi connectivity index (χ3v) is 7.36. The number of aryl methyl sites for hydroxylation is 1. The van der Waals surface area contributed by atoms with E-state index in [4.69, 9.17) is 4.74 Å². The van der Waals surface area contributed by atoms with Crippen LogP contribution in [-0.2, 0) is 17.8 Å². The first-order valence-corrected chi connectivity index (χ1v) is 12.0. The van der Waals surface area contributed by atoms with Crippen LogP contribution in [0, 0.1) is 17.2 Å². The highest BCUT2D eigenvalue weighted by molar-refractivity contribution is 5.79. The Bertz CT molecular complexity index is 1150. The maximum absolute atomic E-state index is 11.7. The summed E-state index contributed by atoms with van der Waals surface area (Å²) in [5.41, 5.74) is 8.51. The average molecular weight is 442 g/mol. The van der Waals surface area contributed by atoms with Crippen molar-refractivity contribution in [3.8, 4) is 11.8 Å². The van der Waals surface area contributed by atoms with Crippen molar-refractivity contribution in [3.63, 3.8) is 0 Å². The minimum atomic E-state index is 0.139. The van der Waals surface area contributed by atoms with Crippen LogP contribution in [0.15, 0.2) is 42.0 Å². The molecule has 5 rings (SSSR count). The van der Waals surface area contributed by atoms with Gasteiger partial charge in [-0.1, -0.05) is 23.8 Å². The lowest BCUT2D eigenvalue weighted by molar-refractivity contribution is -0.129. The van der Waals surface area contributed by atoms with Gasteiger partial charge in [0.1, 0.15) is 12.4 Å². The van der Waals surface area contributed by atoms with Crippen LogP contribution in [-0.4, -0.2) is 37.5 Å². The van der Waals surface area contributed by atoms with Crippen molar-refractivity contribution in [1.29, 1.82) is 5.26 Å². The predicted molar refractivity (Wildman–Crippen MR) is 129 cm³/mol.